The van der Waals surface area contributed by atoms with Crippen LogP contribution >= 0.6 is 11.6 Å². The van der Waals surface area contributed by atoms with Crippen molar-refractivity contribution in [1.29, 1.82) is 0 Å². The second-order valence-corrected chi connectivity index (χ2v) is 4.85. The molecule has 1 unspecified atom stereocenters. The van der Waals surface area contributed by atoms with Crippen molar-refractivity contribution in [3.63, 3.8) is 0 Å². The highest BCUT2D eigenvalue weighted by Crippen LogP contribution is 2.27. The molecule has 0 heterocycles. The van der Waals surface area contributed by atoms with Crippen molar-refractivity contribution in [2.45, 2.75) is 46.1 Å². The first-order chi connectivity index (χ1) is 7.60. The fraction of sp³-hybridized carbons (Fsp3) is 0.571. The fourth-order valence-corrected chi connectivity index (χ4v) is 2.26. The Hall–Kier alpha value is -0.530. The van der Waals surface area contributed by atoms with Gasteiger partial charge in [0.25, 0.3) is 0 Å². The average Bonchev–Trinajstić information content (AvgIpc) is 2.26. The molecule has 16 heavy (non-hydrogen) atoms. The first kappa shape index (κ1) is 13.5. The van der Waals surface area contributed by atoms with E-state index in [9.17, 15) is 0 Å². The molecule has 1 rings (SSSR count). The Kier molecular flexibility index (Phi) is 5.30. The van der Waals surface area contributed by atoms with E-state index in [2.05, 4.69) is 38.2 Å². The Morgan fingerprint density at radius 1 is 1.25 bits per heavy atom. The number of hydrogen-bond acceptors (Lipinski definition) is 1. The first-order valence-electron chi connectivity index (χ1n) is 6.04. The monoisotopic (exact) mass is 239 g/mol. The summed E-state index contributed by atoms with van der Waals surface area (Å²) in [5.74, 6) is 0. The predicted octanol–water partition coefficient (Wildman–Crippen LogP) is 4.41. The van der Waals surface area contributed by atoms with Gasteiger partial charge in [-0.2, -0.15) is 0 Å². The van der Waals surface area contributed by atoms with E-state index in [1.807, 2.05) is 7.05 Å². The van der Waals surface area contributed by atoms with E-state index in [1.165, 1.54) is 36.0 Å². The van der Waals surface area contributed by atoms with Gasteiger partial charge in [-0.15, -0.1) is 0 Å². The van der Waals surface area contributed by atoms with Gasteiger partial charge in [0.1, 0.15) is 0 Å². The summed E-state index contributed by atoms with van der Waals surface area (Å²) in [7, 11) is 2.03. The third-order valence-electron chi connectivity index (χ3n) is 3.12. The first-order valence-corrected chi connectivity index (χ1v) is 6.41. The van der Waals surface area contributed by atoms with Crippen LogP contribution in [0.1, 0.15) is 48.9 Å². The van der Waals surface area contributed by atoms with Gasteiger partial charge in [0, 0.05) is 11.1 Å². The topological polar surface area (TPSA) is 12.0 Å². The Balaban J connectivity index is 2.95. The van der Waals surface area contributed by atoms with E-state index in [0.29, 0.717) is 6.04 Å². The fourth-order valence-electron chi connectivity index (χ4n) is 2.04. The molecule has 0 saturated carbocycles. The average molecular weight is 240 g/mol. The van der Waals surface area contributed by atoms with Crippen LogP contribution in [0.5, 0.6) is 0 Å². The van der Waals surface area contributed by atoms with Crippen molar-refractivity contribution < 1.29 is 0 Å². The summed E-state index contributed by atoms with van der Waals surface area (Å²) in [4.78, 5) is 0. The van der Waals surface area contributed by atoms with Crippen LogP contribution in [0.15, 0.2) is 12.1 Å². The van der Waals surface area contributed by atoms with Crippen molar-refractivity contribution in [2.75, 3.05) is 7.05 Å². The Morgan fingerprint density at radius 2 is 1.94 bits per heavy atom. The molecule has 0 saturated heterocycles. The number of rotatable bonds is 5. The van der Waals surface area contributed by atoms with E-state index in [1.54, 1.807) is 0 Å². The Morgan fingerprint density at radius 3 is 2.50 bits per heavy atom. The van der Waals surface area contributed by atoms with Crippen molar-refractivity contribution in [2.24, 2.45) is 0 Å². The predicted molar refractivity (Wildman–Crippen MR) is 72.3 cm³/mol. The third kappa shape index (κ3) is 3.23. The zero-order valence-corrected chi connectivity index (χ0v) is 11.5. The lowest BCUT2D eigenvalue weighted by Gasteiger charge is -2.19. The zero-order chi connectivity index (χ0) is 12.1. The minimum atomic E-state index is 0.455. The lowest BCUT2D eigenvalue weighted by Crippen LogP contribution is -2.17. The minimum Gasteiger partial charge on any atom is -0.313 e. The highest BCUT2D eigenvalue weighted by molar-refractivity contribution is 6.31. The molecule has 1 aromatic carbocycles. The summed E-state index contributed by atoms with van der Waals surface area (Å²) < 4.78 is 0. The molecule has 0 aliphatic carbocycles. The molecule has 0 amide bonds. The quantitative estimate of drug-likeness (QED) is 0.803. The molecular formula is C14H22ClN. The van der Waals surface area contributed by atoms with Gasteiger partial charge in [0.2, 0.25) is 0 Å². The molecule has 0 aliphatic rings. The van der Waals surface area contributed by atoms with Gasteiger partial charge in [-0.1, -0.05) is 37.4 Å². The lowest BCUT2D eigenvalue weighted by atomic mass is 9.95. The molecule has 1 atom stereocenters. The van der Waals surface area contributed by atoms with Crippen molar-refractivity contribution in [1.82, 2.24) is 5.32 Å². The van der Waals surface area contributed by atoms with Crippen LogP contribution in [0.2, 0.25) is 5.02 Å². The van der Waals surface area contributed by atoms with Crippen molar-refractivity contribution in [3.05, 3.63) is 33.8 Å². The normalized spacial score (nSPS) is 12.8. The second-order valence-electron chi connectivity index (χ2n) is 4.44. The number of nitrogens with one attached hydrogen (secondary N) is 1. The van der Waals surface area contributed by atoms with Crippen molar-refractivity contribution >= 4 is 11.6 Å². The molecule has 0 spiro atoms. The maximum atomic E-state index is 6.12. The number of unbranched alkanes of at least 4 members (excludes halogenated alkanes) is 1. The zero-order valence-electron chi connectivity index (χ0n) is 10.7. The Bertz CT molecular complexity index is 347. The van der Waals surface area contributed by atoms with Crippen LogP contribution < -0.4 is 5.32 Å². The molecule has 0 fully saturated rings. The molecule has 0 bridgehead atoms. The summed E-state index contributed by atoms with van der Waals surface area (Å²) in [6, 6.07) is 4.74. The molecule has 0 aromatic heterocycles. The van der Waals surface area contributed by atoms with Crippen LogP contribution in [-0.4, -0.2) is 7.05 Å². The van der Waals surface area contributed by atoms with Crippen LogP contribution in [0.4, 0.5) is 0 Å². The standard InChI is InChI=1S/C14H22ClN/c1-5-6-7-14(16-4)12-8-11(3)13(15)9-10(12)2/h8-9,14,16H,5-7H2,1-4H3. The molecular weight excluding hydrogens is 218 g/mol. The van der Waals surface area contributed by atoms with Gasteiger partial charge in [0.05, 0.1) is 0 Å². The minimum absolute atomic E-state index is 0.455. The van der Waals surface area contributed by atoms with E-state index in [-0.39, 0.29) is 0 Å². The van der Waals surface area contributed by atoms with E-state index < -0.39 is 0 Å². The summed E-state index contributed by atoms with van der Waals surface area (Å²) >= 11 is 6.12. The number of benzene rings is 1. The number of aryl methyl sites for hydroxylation is 2. The van der Waals surface area contributed by atoms with E-state index in [0.717, 1.165) is 5.02 Å². The smallest absolute Gasteiger partial charge is 0.0438 e. The Labute approximate surface area is 104 Å². The van der Waals surface area contributed by atoms with Crippen LogP contribution in [0.3, 0.4) is 0 Å². The molecule has 1 aromatic rings. The molecule has 1 nitrogen and oxygen atoms in total. The van der Waals surface area contributed by atoms with E-state index >= 15 is 0 Å². The third-order valence-corrected chi connectivity index (χ3v) is 3.52. The van der Waals surface area contributed by atoms with Gasteiger partial charge in [-0.25, -0.2) is 0 Å². The number of hydrogen-bond donors (Lipinski definition) is 1. The summed E-state index contributed by atoms with van der Waals surface area (Å²) in [6.07, 6.45) is 3.69. The van der Waals surface area contributed by atoms with Gasteiger partial charge < -0.3 is 5.32 Å². The maximum Gasteiger partial charge on any atom is 0.0438 e. The van der Waals surface area contributed by atoms with Gasteiger partial charge in [-0.05, 0) is 50.1 Å². The highest BCUT2D eigenvalue weighted by atomic mass is 35.5. The second kappa shape index (κ2) is 6.27. The molecule has 0 radical (unpaired) electrons. The molecule has 0 aliphatic heterocycles. The molecule has 90 valence electrons. The van der Waals surface area contributed by atoms with Crippen LogP contribution in [0, 0.1) is 13.8 Å². The van der Waals surface area contributed by atoms with Gasteiger partial charge >= 0.3 is 0 Å². The number of halogens is 1. The highest BCUT2D eigenvalue weighted by Gasteiger charge is 2.12. The molecule has 2 heteroatoms. The van der Waals surface area contributed by atoms with Crippen LogP contribution in [-0.2, 0) is 0 Å². The summed E-state index contributed by atoms with van der Waals surface area (Å²) in [5.41, 5.74) is 3.84. The lowest BCUT2D eigenvalue weighted by molar-refractivity contribution is 0.520. The maximum absolute atomic E-state index is 6.12. The van der Waals surface area contributed by atoms with E-state index in [4.69, 9.17) is 11.6 Å². The van der Waals surface area contributed by atoms with Gasteiger partial charge in [0.15, 0.2) is 0 Å². The summed E-state index contributed by atoms with van der Waals surface area (Å²) in [5, 5.41) is 4.26. The summed E-state index contributed by atoms with van der Waals surface area (Å²) in [6.45, 7) is 6.43. The van der Waals surface area contributed by atoms with Gasteiger partial charge in [-0.3, -0.25) is 0 Å². The molecule has 1 N–H and O–H groups in total. The van der Waals surface area contributed by atoms with Crippen molar-refractivity contribution in [3.8, 4) is 0 Å². The van der Waals surface area contributed by atoms with Crippen LogP contribution in [0.25, 0.3) is 0 Å². The largest absolute Gasteiger partial charge is 0.313 e. The SMILES string of the molecule is CCCCC(NC)c1cc(C)c(Cl)cc1C.